The van der Waals surface area contributed by atoms with E-state index in [1.807, 2.05) is 24.3 Å². The Labute approximate surface area is 132 Å². The minimum Gasteiger partial charge on any atom is -0.325 e. The number of thioether (sulfide) groups is 1. The molecular formula is C15H18N4O2S. The van der Waals surface area contributed by atoms with E-state index in [2.05, 4.69) is 34.3 Å². The molecule has 0 fully saturated rings. The van der Waals surface area contributed by atoms with Gasteiger partial charge in [-0.3, -0.25) is 14.6 Å². The summed E-state index contributed by atoms with van der Waals surface area (Å²) in [6, 6.07) is 7.71. The molecule has 1 heterocycles. The number of H-pyrrole nitrogens is 1. The molecule has 2 aromatic rings. The number of nitrogens with zero attached hydrogens (tertiary/aromatic N) is 2. The predicted octanol–water partition coefficient (Wildman–Crippen LogP) is 2.33. The van der Waals surface area contributed by atoms with Crippen molar-refractivity contribution < 1.29 is 4.79 Å². The van der Waals surface area contributed by atoms with E-state index in [4.69, 9.17) is 0 Å². The molecule has 1 aromatic heterocycles. The summed E-state index contributed by atoms with van der Waals surface area (Å²) in [4.78, 5) is 26.0. The Bertz CT molecular complexity index is 727. The Balaban J connectivity index is 1.99. The van der Waals surface area contributed by atoms with Gasteiger partial charge in [-0.2, -0.15) is 0 Å². The van der Waals surface area contributed by atoms with Crippen molar-refractivity contribution in [1.29, 1.82) is 0 Å². The summed E-state index contributed by atoms with van der Waals surface area (Å²) in [7, 11) is 0. The monoisotopic (exact) mass is 318 g/mol. The third-order valence-corrected chi connectivity index (χ3v) is 3.90. The number of aryl methyl sites for hydroxylation is 1. The van der Waals surface area contributed by atoms with Crippen LogP contribution in [0.4, 0.5) is 5.69 Å². The lowest BCUT2D eigenvalue weighted by atomic mass is 10.0. The quantitative estimate of drug-likeness (QED) is 0.826. The lowest BCUT2D eigenvalue weighted by Crippen LogP contribution is -2.18. The van der Waals surface area contributed by atoms with Crippen molar-refractivity contribution in [1.82, 2.24) is 15.2 Å². The van der Waals surface area contributed by atoms with Crippen LogP contribution in [0.15, 0.2) is 34.2 Å². The molecule has 0 spiro atoms. The van der Waals surface area contributed by atoms with Crippen LogP contribution in [0.1, 0.15) is 31.0 Å². The maximum Gasteiger partial charge on any atom is 0.273 e. The first-order chi connectivity index (χ1) is 10.5. The van der Waals surface area contributed by atoms with Gasteiger partial charge in [0, 0.05) is 5.69 Å². The number of carbonyl (C=O) groups excluding carboxylic acids is 1. The van der Waals surface area contributed by atoms with Crippen molar-refractivity contribution in [3.63, 3.8) is 0 Å². The average Bonchev–Trinajstić information content (AvgIpc) is 2.49. The zero-order valence-corrected chi connectivity index (χ0v) is 13.5. The number of aromatic amines is 1. The second-order valence-electron chi connectivity index (χ2n) is 5.12. The molecule has 0 aliphatic carbocycles. The Morgan fingerprint density at radius 1 is 1.32 bits per heavy atom. The Kier molecular flexibility index (Phi) is 5.32. The van der Waals surface area contributed by atoms with Crippen LogP contribution in [0, 0.1) is 6.92 Å². The van der Waals surface area contributed by atoms with E-state index in [0.717, 1.165) is 23.0 Å². The minimum atomic E-state index is -0.289. The molecule has 0 saturated heterocycles. The average molecular weight is 318 g/mol. The van der Waals surface area contributed by atoms with Gasteiger partial charge in [0.15, 0.2) is 5.16 Å². The fourth-order valence-electron chi connectivity index (χ4n) is 1.88. The van der Waals surface area contributed by atoms with Crippen LogP contribution < -0.4 is 10.9 Å². The largest absolute Gasteiger partial charge is 0.325 e. The molecule has 0 atom stereocenters. The lowest BCUT2D eigenvalue weighted by molar-refractivity contribution is -0.113. The van der Waals surface area contributed by atoms with E-state index < -0.39 is 0 Å². The minimum absolute atomic E-state index is 0.152. The standard InChI is InChI=1S/C15H18N4O2S/c1-9(2)11-6-4-5-7-12(11)16-13(20)8-22-15-17-14(21)10(3)18-19-15/h4-7,9H,8H2,1-3H3,(H,16,20)(H,17,19,21). The molecule has 116 valence electrons. The summed E-state index contributed by atoms with van der Waals surface area (Å²) in [6.45, 7) is 5.73. The van der Waals surface area contributed by atoms with Gasteiger partial charge in [0.25, 0.3) is 5.56 Å². The van der Waals surface area contributed by atoms with Gasteiger partial charge < -0.3 is 5.32 Å². The molecule has 1 amide bonds. The van der Waals surface area contributed by atoms with Gasteiger partial charge in [-0.1, -0.05) is 43.8 Å². The van der Waals surface area contributed by atoms with Gasteiger partial charge in [-0.15, -0.1) is 10.2 Å². The fraction of sp³-hybridized carbons (Fsp3) is 0.333. The number of carbonyl (C=O) groups is 1. The van der Waals surface area contributed by atoms with Crippen molar-refractivity contribution in [2.24, 2.45) is 0 Å². The highest BCUT2D eigenvalue weighted by Crippen LogP contribution is 2.24. The second kappa shape index (κ2) is 7.22. The molecule has 0 aliphatic rings. The molecule has 6 nitrogen and oxygen atoms in total. The van der Waals surface area contributed by atoms with Crippen molar-refractivity contribution in [2.75, 3.05) is 11.1 Å². The number of hydrogen-bond donors (Lipinski definition) is 2. The highest BCUT2D eigenvalue weighted by atomic mass is 32.2. The van der Waals surface area contributed by atoms with Crippen molar-refractivity contribution in [3.05, 3.63) is 45.9 Å². The van der Waals surface area contributed by atoms with Crippen LogP contribution in [0.3, 0.4) is 0 Å². The number of hydrogen-bond acceptors (Lipinski definition) is 5. The highest BCUT2D eigenvalue weighted by molar-refractivity contribution is 7.99. The number of para-hydroxylation sites is 1. The molecule has 1 aromatic carbocycles. The molecule has 0 bridgehead atoms. The van der Waals surface area contributed by atoms with Gasteiger partial charge in [-0.05, 0) is 24.5 Å². The maximum absolute atomic E-state index is 12.0. The van der Waals surface area contributed by atoms with E-state index in [9.17, 15) is 9.59 Å². The molecule has 22 heavy (non-hydrogen) atoms. The smallest absolute Gasteiger partial charge is 0.273 e. The van der Waals surface area contributed by atoms with Crippen LogP contribution >= 0.6 is 11.8 Å². The molecular weight excluding hydrogens is 300 g/mol. The third-order valence-electron chi connectivity index (χ3n) is 3.04. The summed E-state index contributed by atoms with van der Waals surface area (Å²) in [5.41, 5.74) is 1.92. The SMILES string of the molecule is Cc1nnc(SCC(=O)Nc2ccccc2C(C)C)[nH]c1=O. The fourth-order valence-corrected chi connectivity index (χ4v) is 2.48. The van der Waals surface area contributed by atoms with Crippen molar-refractivity contribution in [3.8, 4) is 0 Å². The Morgan fingerprint density at radius 3 is 2.73 bits per heavy atom. The molecule has 2 N–H and O–H groups in total. The van der Waals surface area contributed by atoms with Gasteiger partial charge in [0.2, 0.25) is 5.91 Å². The first kappa shape index (κ1) is 16.2. The van der Waals surface area contributed by atoms with E-state index in [1.54, 1.807) is 6.92 Å². The van der Waals surface area contributed by atoms with Crippen LogP contribution in [0.5, 0.6) is 0 Å². The number of anilines is 1. The van der Waals surface area contributed by atoms with Gasteiger partial charge in [0.05, 0.1) is 5.75 Å². The first-order valence-electron chi connectivity index (χ1n) is 6.92. The van der Waals surface area contributed by atoms with Crippen molar-refractivity contribution >= 4 is 23.4 Å². The summed E-state index contributed by atoms with van der Waals surface area (Å²) >= 11 is 1.14. The molecule has 0 saturated carbocycles. The highest BCUT2D eigenvalue weighted by Gasteiger charge is 2.10. The maximum atomic E-state index is 12.0. The zero-order valence-electron chi connectivity index (χ0n) is 12.7. The number of benzene rings is 1. The summed E-state index contributed by atoms with van der Waals surface area (Å²) in [5.74, 6) is 0.324. The van der Waals surface area contributed by atoms with Crippen molar-refractivity contribution in [2.45, 2.75) is 31.8 Å². The van der Waals surface area contributed by atoms with Crippen LogP contribution in [0.25, 0.3) is 0 Å². The van der Waals surface area contributed by atoms with E-state index in [-0.39, 0.29) is 17.2 Å². The van der Waals surface area contributed by atoms with Gasteiger partial charge in [-0.25, -0.2) is 0 Å². The first-order valence-corrected chi connectivity index (χ1v) is 7.91. The number of amides is 1. The Morgan fingerprint density at radius 2 is 2.05 bits per heavy atom. The summed E-state index contributed by atoms with van der Waals surface area (Å²) < 4.78 is 0. The summed E-state index contributed by atoms with van der Waals surface area (Å²) in [5, 5.41) is 10.8. The predicted molar refractivity (Wildman–Crippen MR) is 87.3 cm³/mol. The van der Waals surface area contributed by atoms with Crippen LogP contribution in [-0.2, 0) is 4.79 Å². The van der Waals surface area contributed by atoms with Crippen LogP contribution in [0.2, 0.25) is 0 Å². The van der Waals surface area contributed by atoms with Crippen LogP contribution in [-0.4, -0.2) is 26.8 Å². The molecule has 0 radical (unpaired) electrons. The number of aromatic nitrogens is 3. The lowest BCUT2D eigenvalue weighted by Gasteiger charge is -2.13. The number of rotatable bonds is 5. The summed E-state index contributed by atoms with van der Waals surface area (Å²) in [6.07, 6.45) is 0. The molecule has 7 heteroatoms. The molecule has 0 unspecified atom stereocenters. The topological polar surface area (TPSA) is 87.7 Å². The Hall–Kier alpha value is -2.15. The zero-order chi connectivity index (χ0) is 16.1. The van der Waals surface area contributed by atoms with E-state index in [1.165, 1.54) is 0 Å². The third kappa shape index (κ3) is 4.17. The number of nitrogens with one attached hydrogen (secondary N) is 2. The molecule has 0 aliphatic heterocycles. The van der Waals surface area contributed by atoms with E-state index in [0.29, 0.717) is 16.8 Å². The second-order valence-corrected chi connectivity index (χ2v) is 6.09. The van der Waals surface area contributed by atoms with Gasteiger partial charge in [0.1, 0.15) is 5.69 Å². The molecule has 2 rings (SSSR count). The normalized spacial score (nSPS) is 10.7. The van der Waals surface area contributed by atoms with E-state index >= 15 is 0 Å². The van der Waals surface area contributed by atoms with Gasteiger partial charge >= 0.3 is 0 Å².